The van der Waals surface area contributed by atoms with Crippen molar-refractivity contribution in [2.24, 2.45) is 0 Å². The molecule has 2 aromatic carbocycles. The Hall–Kier alpha value is -1.42. The van der Waals surface area contributed by atoms with Gasteiger partial charge in [-0.2, -0.15) is 0 Å². The number of fused-ring (bicyclic) bond motifs is 1. The van der Waals surface area contributed by atoms with Crippen molar-refractivity contribution < 1.29 is 9.47 Å². The van der Waals surface area contributed by atoms with E-state index in [9.17, 15) is 0 Å². The maximum atomic E-state index is 6.40. The summed E-state index contributed by atoms with van der Waals surface area (Å²) in [5.41, 5.74) is 3.35. The topological polar surface area (TPSA) is 30.5 Å². The number of rotatable bonds is 3. The normalized spacial score (nSPS) is 17.0. The van der Waals surface area contributed by atoms with Gasteiger partial charge in [-0.25, -0.2) is 0 Å². The standard InChI is InChI=1S/C17H17Cl2NO2/c1-21-14-8-10-6-7-20-17(12(10)9-15(14)22-2)11-4-3-5-13(18)16(11)19/h3-5,8-9,17,20H,6-7H2,1-2H3/t17-/m0/s1. The molecular weight excluding hydrogens is 321 g/mol. The van der Waals surface area contributed by atoms with Gasteiger partial charge in [-0.15, -0.1) is 0 Å². The Labute approximate surface area is 140 Å². The molecule has 116 valence electrons. The van der Waals surface area contributed by atoms with Gasteiger partial charge in [-0.05, 0) is 41.3 Å². The SMILES string of the molecule is COc1cc2c(cc1OC)[C@H](c1cccc(Cl)c1Cl)NCC2. The molecule has 0 aromatic heterocycles. The van der Waals surface area contributed by atoms with Crippen molar-refractivity contribution in [2.75, 3.05) is 20.8 Å². The van der Waals surface area contributed by atoms with Crippen molar-refractivity contribution in [3.8, 4) is 11.5 Å². The molecule has 0 saturated heterocycles. The molecule has 0 saturated carbocycles. The predicted octanol–water partition coefficient (Wildman–Crippen LogP) is 4.25. The molecule has 22 heavy (non-hydrogen) atoms. The van der Waals surface area contributed by atoms with E-state index in [1.807, 2.05) is 24.3 Å². The zero-order valence-corrected chi connectivity index (χ0v) is 14.0. The molecule has 0 unspecified atom stereocenters. The maximum Gasteiger partial charge on any atom is 0.161 e. The second-order valence-electron chi connectivity index (χ2n) is 5.19. The van der Waals surface area contributed by atoms with Crippen molar-refractivity contribution in [1.82, 2.24) is 5.32 Å². The average molecular weight is 338 g/mol. The van der Waals surface area contributed by atoms with E-state index in [4.69, 9.17) is 32.7 Å². The molecule has 3 rings (SSSR count). The average Bonchev–Trinajstić information content (AvgIpc) is 2.55. The second-order valence-corrected chi connectivity index (χ2v) is 5.97. The summed E-state index contributed by atoms with van der Waals surface area (Å²) in [4.78, 5) is 0. The third kappa shape index (κ3) is 2.65. The van der Waals surface area contributed by atoms with Gasteiger partial charge in [0.25, 0.3) is 0 Å². The lowest BCUT2D eigenvalue weighted by Crippen LogP contribution is -2.30. The van der Waals surface area contributed by atoms with Crippen LogP contribution in [0, 0.1) is 0 Å². The van der Waals surface area contributed by atoms with E-state index in [0.29, 0.717) is 15.8 Å². The molecule has 0 amide bonds. The molecule has 3 nitrogen and oxygen atoms in total. The van der Waals surface area contributed by atoms with Crippen LogP contribution in [-0.4, -0.2) is 20.8 Å². The Bertz CT molecular complexity index is 703. The molecule has 0 spiro atoms. The van der Waals surface area contributed by atoms with E-state index < -0.39 is 0 Å². The monoisotopic (exact) mass is 337 g/mol. The lowest BCUT2D eigenvalue weighted by Gasteiger charge is -2.29. The van der Waals surface area contributed by atoms with Crippen LogP contribution in [0.1, 0.15) is 22.7 Å². The molecule has 1 atom stereocenters. The molecule has 2 aromatic rings. The first kappa shape index (κ1) is 15.5. The van der Waals surface area contributed by atoms with Crippen LogP contribution in [0.15, 0.2) is 30.3 Å². The highest BCUT2D eigenvalue weighted by Gasteiger charge is 2.25. The Balaban J connectivity index is 2.13. The fourth-order valence-corrected chi connectivity index (χ4v) is 3.32. The lowest BCUT2D eigenvalue weighted by atomic mass is 9.89. The van der Waals surface area contributed by atoms with Crippen molar-refractivity contribution in [3.05, 3.63) is 57.1 Å². The molecule has 1 aliphatic heterocycles. The number of halogens is 2. The third-order valence-electron chi connectivity index (χ3n) is 3.99. The molecule has 0 aliphatic carbocycles. The van der Waals surface area contributed by atoms with E-state index in [1.165, 1.54) is 5.56 Å². The summed E-state index contributed by atoms with van der Waals surface area (Å²) < 4.78 is 10.8. The van der Waals surface area contributed by atoms with Crippen molar-refractivity contribution >= 4 is 23.2 Å². The Morgan fingerprint density at radius 1 is 1.05 bits per heavy atom. The Kier molecular flexibility index (Phi) is 4.48. The first-order valence-electron chi connectivity index (χ1n) is 7.07. The highest BCUT2D eigenvalue weighted by molar-refractivity contribution is 6.42. The molecule has 5 heteroatoms. The van der Waals surface area contributed by atoms with E-state index in [-0.39, 0.29) is 6.04 Å². The summed E-state index contributed by atoms with van der Waals surface area (Å²) >= 11 is 12.6. The van der Waals surface area contributed by atoms with Gasteiger partial charge in [0.15, 0.2) is 11.5 Å². The number of nitrogens with one attached hydrogen (secondary N) is 1. The molecule has 1 aliphatic rings. The van der Waals surface area contributed by atoms with E-state index in [0.717, 1.165) is 29.8 Å². The maximum absolute atomic E-state index is 6.40. The van der Waals surface area contributed by atoms with E-state index in [2.05, 4.69) is 5.32 Å². The minimum Gasteiger partial charge on any atom is -0.493 e. The number of benzene rings is 2. The van der Waals surface area contributed by atoms with Crippen LogP contribution in [0.3, 0.4) is 0 Å². The second kappa shape index (κ2) is 6.37. The quantitative estimate of drug-likeness (QED) is 0.908. The summed E-state index contributed by atoms with van der Waals surface area (Å²) in [5.74, 6) is 1.46. The summed E-state index contributed by atoms with van der Waals surface area (Å²) in [6.07, 6.45) is 0.935. The summed E-state index contributed by atoms with van der Waals surface area (Å²) in [7, 11) is 3.29. The van der Waals surface area contributed by atoms with Crippen LogP contribution in [0.5, 0.6) is 11.5 Å². The van der Waals surface area contributed by atoms with Gasteiger partial charge in [-0.1, -0.05) is 35.3 Å². The fourth-order valence-electron chi connectivity index (χ4n) is 2.90. The predicted molar refractivity (Wildman–Crippen MR) is 89.6 cm³/mol. The number of methoxy groups -OCH3 is 2. The summed E-state index contributed by atoms with van der Waals surface area (Å²) in [5, 5.41) is 4.66. The Morgan fingerprint density at radius 3 is 2.50 bits per heavy atom. The summed E-state index contributed by atoms with van der Waals surface area (Å²) in [6.45, 7) is 0.871. The Morgan fingerprint density at radius 2 is 1.77 bits per heavy atom. The number of ether oxygens (including phenoxy) is 2. The highest BCUT2D eigenvalue weighted by Crippen LogP contribution is 2.40. The van der Waals surface area contributed by atoms with Crippen LogP contribution in [0.4, 0.5) is 0 Å². The molecule has 0 fully saturated rings. The smallest absolute Gasteiger partial charge is 0.161 e. The minimum absolute atomic E-state index is 0.00486. The highest BCUT2D eigenvalue weighted by atomic mass is 35.5. The summed E-state index contributed by atoms with van der Waals surface area (Å²) in [6, 6.07) is 9.77. The van der Waals surface area contributed by atoms with E-state index >= 15 is 0 Å². The molecule has 1 N–H and O–H groups in total. The fraction of sp³-hybridized carbons (Fsp3) is 0.294. The van der Waals surface area contributed by atoms with Crippen LogP contribution in [0.2, 0.25) is 10.0 Å². The van der Waals surface area contributed by atoms with E-state index in [1.54, 1.807) is 20.3 Å². The van der Waals surface area contributed by atoms with Crippen molar-refractivity contribution in [2.45, 2.75) is 12.5 Å². The zero-order valence-electron chi connectivity index (χ0n) is 12.5. The molecule has 1 heterocycles. The van der Waals surface area contributed by atoms with Crippen molar-refractivity contribution in [1.29, 1.82) is 0 Å². The van der Waals surface area contributed by atoms with Gasteiger partial charge in [-0.3, -0.25) is 0 Å². The van der Waals surface area contributed by atoms with Crippen LogP contribution >= 0.6 is 23.2 Å². The first-order chi connectivity index (χ1) is 10.7. The molecule has 0 radical (unpaired) electrons. The van der Waals surface area contributed by atoms with Gasteiger partial charge in [0, 0.05) is 6.54 Å². The van der Waals surface area contributed by atoms with Gasteiger partial charge >= 0.3 is 0 Å². The minimum atomic E-state index is -0.00486. The van der Waals surface area contributed by atoms with Gasteiger partial charge in [0.2, 0.25) is 0 Å². The molecular formula is C17H17Cl2NO2. The van der Waals surface area contributed by atoms with Gasteiger partial charge in [0.1, 0.15) is 0 Å². The van der Waals surface area contributed by atoms with Crippen LogP contribution in [-0.2, 0) is 6.42 Å². The lowest BCUT2D eigenvalue weighted by molar-refractivity contribution is 0.353. The van der Waals surface area contributed by atoms with Gasteiger partial charge in [0.05, 0.1) is 30.3 Å². The van der Waals surface area contributed by atoms with Crippen molar-refractivity contribution in [3.63, 3.8) is 0 Å². The molecule has 0 bridgehead atoms. The number of hydrogen-bond donors (Lipinski definition) is 1. The largest absolute Gasteiger partial charge is 0.493 e. The zero-order chi connectivity index (χ0) is 15.7. The number of hydrogen-bond acceptors (Lipinski definition) is 3. The van der Waals surface area contributed by atoms with Gasteiger partial charge < -0.3 is 14.8 Å². The third-order valence-corrected chi connectivity index (χ3v) is 4.83. The van der Waals surface area contributed by atoms with Crippen LogP contribution < -0.4 is 14.8 Å². The first-order valence-corrected chi connectivity index (χ1v) is 7.83. The van der Waals surface area contributed by atoms with Crippen LogP contribution in [0.25, 0.3) is 0 Å².